The number of halogens is 1. The summed E-state index contributed by atoms with van der Waals surface area (Å²) in [5.74, 6) is 0. The molecule has 19 heavy (non-hydrogen) atoms. The highest BCUT2D eigenvalue weighted by atomic mass is 35.5. The SMILES string of the molecule is CC(O)(c1ccc(Cl)cc1)c1cc2ccccc2s1. The fourth-order valence-corrected chi connectivity index (χ4v) is 3.40. The van der Waals surface area contributed by atoms with Crippen molar-refractivity contribution in [1.29, 1.82) is 0 Å². The van der Waals surface area contributed by atoms with Gasteiger partial charge in [0.1, 0.15) is 5.60 Å². The van der Waals surface area contributed by atoms with Crippen LogP contribution in [0.25, 0.3) is 10.1 Å². The summed E-state index contributed by atoms with van der Waals surface area (Å²) < 4.78 is 1.19. The fraction of sp³-hybridized carbons (Fsp3) is 0.125. The lowest BCUT2D eigenvalue weighted by molar-refractivity contribution is 0.106. The van der Waals surface area contributed by atoms with E-state index < -0.39 is 5.60 Å². The minimum Gasteiger partial charge on any atom is -0.380 e. The van der Waals surface area contributed by atoms with Gasteiger partial charge in [0, 0.05) is 14.6 Å². The van der Waals surface area contributed by atoms with Gasteiger partial charge in [-0.25, -0.2) is 0 Å². The second kappa shape index (κ2) is 4.64. The molecule has 0 aliphatic rings. The summed E-state index contributed by atoms with van der Waals surface area (Å²) in [5.41, 5.74) is -0.141. The second-order valence-electron chi connectivity index (χ2n) is 4.73. The van der Waals surface area contributed by atoms with Gasteiger partial charge in [-0.3, -0.25) is 0 Å². The van der Waals surface area contributed by atoms with E-state index in [1.54, 1.807) is 23.5 Å². The fourth-order valence-electron chi connectivity index (χ4n) is 2.14. The highest BCUT2D eigenvalue weighted by Gasteiger charge is 2.27. The molecule has 0 bridgehead atoms. The smallest absolute Gasteiger partial charge is 0.121 e. The molecule has 0 fully saturated rings. The summed E-state index contributed by atoms with van der Waals surface area (Å²) in [6.45, 7) is 1.82. The Bertz CT molecular complexity index is 680. The van der Waals surface area contributed by atoms with Gasteiger partial charge in [-0.2, -0.15) is 0 Å². The van der Waals surface area contributed by atoms with Crippen molar-refractivity contribution < 1.29 is 5.11 Å². The summed E-state index contributed by atoms with van der Waals surface area (Å²) >= 11 is 7.51. The van der Waals surface area contributed by atoms with Crippen molar-refractivity contribution in [2.75, 3.05) is 0 Å². The van der Waals surface area contributed by atoms with Crippen LogP contribution in [0.4, 0.5) is 0 Å². The van der Waals surface area contributed by atoms with Crippen molar-refractivity contribution in [3.8, 4) is 0 Å². The molecule has 0 aliphatic carbocycles. The van der Waals surface area contributed by atoms with Crippen LogP contribution in [0.15, 0.2) is 54.6 Å². The lowest BCUT2D eigenvalue weighted by Gasteiger charge is -2.22. The monoisotopic (exact) mass is 288 g/mol. The summed E-state index contributed by atoms with van der Waals surface area (Å²) in [6.07, 6.45) is 0. The zero-order valence-corrected chi connectivity index (χ0v) is 12.0. The first-order valence-corrected chi connectivity index (χ1v) is 7.24. The Kier molecular flexibility index (Phi) is 3.09. The average Bonchev–Trinajstić information content (AvgIpc) is 2.83. The minimum atomic E-state index is -0.992. The maximum atomic E-state index is 10.8. The molecular formula is C16H13ClOS. The van der Waals surface area contributed by atoms with E-state index in [1.165, 1.54) is 4.70 Å². The predicted octanol–water partition coefficient (Wildman–Crippen LogP) is 4.81. The van der Waals surface area contributed by atoms with Crippen molar-refractivity contribution in [3.63, 3.8) is 0 Å². The summed E-state index contributed by atoms with van der Waals surface area (Å²) in [4.78, 5) is 0.941. The van der Waals surface area contributed by atoms with Gasteiger partial charge in [-0.05, 0) is 42.1 Å². The standard InChI is InChI=1S/C16H13ClOS/c1-16(18,12-6-8-13(17)9-7-12)15-10-11-4-2-3-5-14(11)19-15/h2-10,18H,1H3. The van der Waals surface area contributed by atoms with Gasteiger partial charge in [-0.15, -0.1) is 11.3 Å². The molecule has 1 atom stereocenters. The third-order valence-corrected chi connectivity index (χ3v) is 4.89. The van der Waals surface area contributed by atoms with Gasteiger partial charge in [0.05, 0.1) is 0 Å². The highest BCUT2D eigenvalue weighted by molar-refractivity contribution is 7.19. The number of hydrogen-bond donors (Lipinski definition) is 1. The molecule has 0 amide bonds. The molecule has 0 radical (unpaired) electrons. The van der Waals surface area contributed by atoms with Gasteiger partial charge in [0.15, 0.2) is 0 Å². The molecule has 0 aliphatic heterocycles. The van der Waals surface area contributed by atoms with Crippen LogP contribution >= 0.6 is 22.9 Å². The third-order valence-electron chi connectivity index (χ3n) is 3.31. The molecule has 1 aromatic heterocycles. The molecule has 0 spiro atoms. The van der Waals surface area contributed by atoms with E-state index in [0.717, 1.165) is 15.8 Å². The maximum absolute atomic E-state index is 10.8. The Morgan fingerprint density at radius 1 is 1.05 bits per heavy atom. The van der Waals surface area contributed by atoms with Crippen molar-refractivity contribution >= 4 is 33.0 Å². The van der Waals surface area contributed by atoms with E-state index in [2.05, 4.69) is 18.2 Å². The minimum absolute atomic E-state index is 0.677. The van der Waals surface area contributed by atoms with Gasteiger partial charge in [0.2, 0.25) is 0 Å². The normalized spacial score (nSPS) is 14.5. The van der Waals surface area contributed by atoms with Crippen LogP contribution in [0.2, 0.25) is 5.02 Å². The van der Waals surface area contributed by atoms with Gasteiger partial charge in [0.25, 0.3) is 0 Å². The molecule has 1 N–H and O–H groups in total. The van der Waals surface area contributed by atoms with Crippen LogP contribution in [-0.4, -0.2) is 5.11 Å². The Morgan fingerprint density at radius 3 is 2.42 bits per heavy atom. The number of rotatable bonds is 2. The molecule has 0 saturated carbocycles. The topological polar surface area (TPSA) is 20.2 Å². The molecule has 1 unspecified atom stereocenters. The molecule has 3 rings (SSSR count). The van der Waals surface area contributed by atoms with Crippen LogP contribution in [0.3, 0.4) is 0 Å². The number of aliphatic hydroxyl groups is 1. The molecular weight excluding hydrogens is 276 g/mol. The molecule has 1 nitrogen and oxygen atoms in total. The summed E-state index contributed by atoms with van der Waals surface area (Å²) in [6, 6.07) is 17.6. The second-order valence-corrected chi connectivity index (χ2v) is 6.25. The van der Waals surface area contributed by atoms with Crippen molar-refractivity contribution in [1.82, 2.24) is 0 Å². The number of benzene rings is 2. The molecule has 96 valence electrons. The highest BCUT2D eigenvalue weighted by Crippen LogP contribution is 2.37. The van der Waals surface area contributed by atoms with E-state index in [4.69, 9.17) is 11.6 Å². The Hall–Kier alpha value is -1.35. The van der Waals surface area contributed by atoms with E-state index in [1.807, 2.05) is 31.2 Å². The molecule has 0 saturated heterocycles. The first-order chi connectivity index (χ1) is 9.07. The predicted molar refractivity (Wildman–Crippen MR) is 81.9 cm³/mol. The quantitative estimate of drug-likeness (QED) is 0.717. The maximum Gasteiger partial charge on any atom is 0.121 e. The van der Waals surface area contributed by atoms with Crippen LogP contribution in [0, 0.1) is 0 Å². The molecule has 3 heteroatoms. The lowest BCUT2D eigenvalue weighted by atomic mass is 9.94. The van der Waals surface area contributed by atoms with E-state index in [0.29, 0.717) is 5.02 Å². The zero-order valence-electron chi connectivity index (χ0n) is 10.4. The lowest BCUT2D eigenvalue weighted by Crippen LogP contribution is -2.20. The van der Waals surface area contributed by atoms with Crippen molar-refractivity contribution in [2.45, 2.75) is 12.5 Å². The van der Waals surface area contributed by atoms with E-state index >= 15 is 0 Å². The molecule has 3 aromatic rings. The zero-order chi connectivity index (χ0) is 13.5. The van der Waals surface area contributed by atoms with Crippen LogP contribution in [0.1, 0.15) is 17.4 Å². The average molecular weight is 289 g/mol. The van der Waals surface area contributed by atoms with Crippen molar-refractivity contribution in [3.05, 3.63) is 70.1 Å². The Balaban J connectivity index is 2.10. The molecule has 2 aromatic carbocycles. The van der Waals surface area contributed by atoms with Crippen LogP contribution in [-0.2, 0) is 5.60 Å². The van der Waals surface area contributed by atoms with Gasteiger partial charge >= 0.3 is 0 Å². The Morgan fingerprint density at radius 2 is 1.74 bits per heavy atom. The number of hydrogen-bond acceptors (Lipinski definition) is 2. The summed E-state index contributed by atoms with van der Waals surface area (Å²) in [7, 11) is 0. The van der Waals surface area contributed by atoms with E-state index in [-0.39, 0.29) is 0 Å². The van der Waals surface area contributed by atoms with Crippen LogP contribution < -0.4 is 0 Å². The number of fused-ring (bicyclic) bond motifs is 1. The van der Waals surface area contributed by atoms with Crippen molar-refractivity contribution in [2.24, 2.45) is 0 Å². The molecule has 1 heterocycles. The van der Waals surface area contributed by atoms with Crippen LogP contribution in [0.5, 0.6) is 0 Å². The first-order valence-electron chi connectivity index (χ1n) is 6.05. The number of thiophene rings is 1. The first kappa shape index (κ1) is 12.7. The largest absolute Gasteiger partial charge is 0.380 e. The summed E-state index contributed by atoms with van der Waals surface area (Å²) in [5, 5.41) is 12.7. The van der Waals surface area contributed by atoms with Gasteiger partial charge < -0.3 is 5.11 Å². The van der Waals surface area contributed by atoms with E-state index in [9.17, 15) is 5.11 Å². The third kappa shape index (κ3) is 2.27. The van der Waals surface area contributed by atoms with Gasteiger partial charge in [-0.1, -0.05) is 41.9 Å². The Labute approximate surface area is 121 Å².